The van der Waals surface area contributed by atoms with Gasteiger partial charge in [-0.15, -0.1) is 11.3 Å². The summed E-state index contributed by atoms with van der Waals surface area (Å²) in [6.45, 7) is 7.57. The van der Waals surface area contributed by atoms with Crippen LogP contribution >= 0.6 is 11.3 Å². The summed E-state index contributed by atoms with van der Waals surface area (Å²) >= 11 is 1.72. The maximum atomic E-state index is 12.4. The number of carbonyl (C=O) groups excluding carboxylic acids is 3. The minimum absolute atomic E-state index is 0.148. The molecule has 2 aliphatic rings. The Morgan fingerprint density at radius 2 is 1.90 bits per heavy atom. The second kappa shape index (κ2) is 8.29. The maximum absolute atomic E-state index is 12.4. The molecular formula is C20H26N6O3S. The molecule has 1 atom stereocenters. The molecule has 2 fully saturated rings. The van der Waals surface area contributed by atoms with Crippen LogP contribution in [0, 0.1) is 0 Å². The van der Waals surface area contributed by atoms with Crippen molar-refractivity contribution in [2.45, 2.75) is 32.4 Å². The van der Waals surface area contributed by atoms with E-state index in [1.807, 2.05) is 30.0 Å². The van der Waals surface area contributed by atoms with Gasteiger partial charge < -0.3 is 5.32 Å². The van der Waals surface area contributed by atoms with Gasteiger partial charge in [0.2, 0.25) is 0 Å². The summed E-state index contributed by atoms with van der Waals surface area (Å²) in [7, 11) is 0. The summed E-state index contributed by atoms with van der Waals surface area (Å²) in [6.07, 6.45) is 0.459. The number of hydrazine groups is 1. The molecule has 0 bridgehead atoms. The number of amides is 4. The van der Waals surface area contributed by atoms with E-state index >= 15 is 0 Å². The monoisotopic (exact) mass is 430 g/mol. The molecule has 30 heavy (non-hydrogen) atoms. The summed E-state index contributed by atoms with van der Waals surface area (Å²) < 4.78 is 1.20. The SMILES string of the molecule is CC[C@]1(C)NC(=O)N(NC(=O)CN2CCN(Cc3nc4ccccc4s3)CC2)C1=O. The molecule has 0 radical (unpaired) electrons. The first-order chi connectivity index (χ1) is 14.4. The number of imide groups is 1. The van der Waals surface area contributed by atoms with Crippen molar-refractivity contribution in [2.24, 2.45) is 0 Å². The molecular weight excluding hydrogens is 404 g/mol. The quantitative estimate of drug-likeness (QED) is 0.668. The predicted octanol–water partition coefficient (Wildman–Crippen LogP) is 1.17. The highest BCUT2D eigenvalue weighted by Gasteiger charge is 2.47. The molecule has 1 aromatic heterocycles. The lowest BCUT2D eigenvalue weighted by atomic mass is 10.00. The number of nitrogens with one attached hydrogen (secondary N) is 2. The van der Waals surface area contributed by atoms with Gasteiger partial charge >= 0.3 is 6.03 Å². The van der Waals surface area contributed by atoms with Crippen LogP contribution in [0.1, 0.15) is 25.3 Å². The van der Waals surface area contributed by atoms with Crippen molar-refractivity contribution in [1.82, 2.24) is 30.5 Å². The summed E-state index contributed by atoms with van der Waals surface area (Å²) in [5, 5.41) is 4.52. The Hall–Kier alpha value is -2.56. The van der Waals surface area contributed by atoms with Crippen LogP contribution in [0.5, 0.6) is 0 Å². The van der Waals surface area contributed by atoms with Gasteiger partial charge in [0.05, 0.1) is 23.3 Å². The topological polar surface area (TPSA) is 97.9 Å². The zero-order chi connectivity index (χ0) is 21.3. The minimum Gasteiger partial charge on any atom is -0.322 e. The molecule has 1 aromatic carbocycles. The van der Waals surface area contributed by atoms with Crippen LogP contribution < -0.4 is 10.7 Å². The fourth-order valence-electron chi connectivity index (χ4n) is 3.67. The van der Waals surface area contributed by atoms with E-state index in [2.05, 4.69) is 26.7 Å². The predicted molar refractivity (Wildman–Crippen MR) is 114 cm³/mol. The summed E-state index contributed by atoms with van der Waals surface area (Å²) in [4.78, 5) is 45.8. The Labute approximate surface area is 179 Å². The molecule has 10 heteroatoms. The molecule has 0 spiro atoms. The highest BCUT2D eigenvalue weighted by atomic mass is 32.1. The molecule has 2 saturated heterocycles. The number of urea groups is 1. The van der Waals surface area contributed by atoms with E-state index < -0.39 is 17.5 Å². The molecule has 2 aromatic rings. The van der Waals surface area contributed by atoms with Gasteiger partial charge in [0.1, 0.15) is 10.5 Å². The number of nitrogens with zero attached hydrogens (tertiary/aromatic N) is 4. The van der Waals surface area contributed by atoms with Gasteiger partial charge in [0.25, 0.3) is 11.8 Å². The first-order valence-electron chi connectivity index (χ1n) is 10.1. The summed E-state index contributed by atoms with van der Waals surface area (Å²) in [6, 6.07) is 7.55. The Kier molecular flexibility index (Phi) is 5.72. The fourth-order valence-corrected chi connectivity index (χ4v) is 4.68. The van der Waals surface area contributed by atoms with Crippen molar-refractivity contribution in [2.75, 3.05) is 32.7 Å². The molecule has 160 valence electrons. The fraction of sp³-hybridized carbons (Fsp3) is 0.500. The van der Waals surface area contributed by atoms with Crippen LogP contribution in [0.15, 0.2) is 24.3 Å². The van der Waals surface area contributed by atoms with Gasteiger partial charge in [-0.3, -0.25) is 24.8 Å². The van der Waals surface area contributed by atoms with E-state index in [-0.39, 0.29) is 12.5 Å². The van der Waals surface area contributed by atoms with Gasteiger partial charge in [-0.1, -0.05) is 19.1 Å². The lowest BCUT2D eigenvalue weighted by molar-refractivity contribution is -0.139. The van der Waals surface area contributed by atoms with Crippen LogP contribution in [0.4, 0.5) is 4.79 Å². The number of thiazole rings is 1. The number of aromatic nitrogens is 1. The zero-order valence-corrected chi connectivity index (χ0v) is 18.0. The molecule has 3 heterocycles. The Morgan fingerprint density at radius 1 is 1.20 bits per heavy atom. The van der Waals surface area contributed by atoms with Crippen molar-refractivity contribution in [3.05, 3.63) is 29.3 Å². The van der Waals surface area contributed by atoms with Gasteiger partial charge in [0, 0.05) is 26.2 Å². The second-order valence-electron chi connectivity index (χ2n) is 7.92. The Balaban J connectivity index is 1.25. The van der Waals surface area contributed by atoms with E-state index in [1.54, 1.807) is 18.3 Å². The average Bonchev–Trinajstić information content (AvgIpc) is 3.23. The number of para-hydroxylation sites is 1. The first-order valence-corrected chi connectivity index (χ1v) is 10.9. The molecule has 2 N–H and O–H groups in total. The standard InChI is InChI=1S/C20H26N6O3S/c1-3-20(2)18(28)26(19(29)22-20)23-16(27)12-24-8-10-25(11-9-24)13-17-21-14-6-4-5-7-15(14)30-17/h4-7H,3,8-13H2,1-2H3,(H,22,29)(H,23,27)/t20-/m0/s1. The van der Waals surface area contributed by atoms with E-state index in [1.165, 1.54) is 4.70 Å². The third-order valence-corrected chi connectivity index (χ3v) is 6.75. The largest absolute Gasteiger partial charge is 0.344 e. The molecule has 4 rings (SSSR count). The lowest BCUT2D eigenvalue weighted by Gasteiger charge is -2.33. The number of rotatable bonds is 6. The number of piperazine rings is 1. The van der Waals surface area contributed by atoms with Crippen LogP contribution in [0.2, 0.25) is 0 Å². The second-order valence-corrected chi connectivity index (χ2v) is 9.03. The van der Waals surface area contributed by atoms with Crippen LogP contribution in [-0.4, -0.2) is 75.9 Å². The normalized spacial score (nSPS) is 23.2. The van der Waals surface area contributed by atoms with E-state index in [0.29, 0.717) is 6.42 Å². The lowest BCUT2D eigenvalue weighted by Crippen LogP contribution is -2.53. The van der Waals surface area contributed by atoms with Gasteiger partial charge in [-0.25, -0.2) is 9.78 Å². The number of hydrogen-bond donors (Lipinski definition) is 2. The van der Waals surface area contributed by atoms with E-state index in [9.17, 15) is 14.4 Å². The summed E-state index contributed by atoms with van der Waals surface area (Å²) in [5.74, 6) is -0.789. The number of benzene rings is 1. The highest BCUT2D eigenvalue weighted by Crippen LogP contribution is 2.23. The van der Waals surface area contributed by atoms with Crippen molar-refractivity contribution in [3.63, 3.8) is 0 Å². The number of hydrogen-bond acceptors (Lipinski definition) is 7. The van der Waals surface area contributed by atoms with Crippen molar-refractivity contribution in [1.29, 1.82) is 0 Å². The molecule has 2 aliphatic heterocycles. The molecule has 0 unspecified atom stereocenters. The highest BCUT2D eigenvalue weighted by molar-refractivity contribution is 7.18. The molecule has 0 aliphatic carbocycles. The molecule has 9 nitrogen and oxygen atoms in total. The third-order valence-electron chi connectivity index (χ3n) is 5.73. The van der Waals surface area contributed by atoms with E-state index in [4.69, 9.17) is 0 Å². The smallest absolute Gasteiger partial charge is 0.322 e. The number of fused-ring (bicyclic) bond motifs is 1. The molecule has 4 amide bonds. The van der Waals surface area contributed by atoms with Crippen molar-refractivity contribution < 1.29 is 14.4 Å². The third kappa shape index (κ3) is 4.16. The minimum atomic E-state index is -0.962. The Morgan fingerprint density at radius 3 is 2.57 bits per heavy atom. The first kappa shape index (κ1) is 20.7. The van der Waals surface area contributed by atoms with Crippen LogP contribution in [0.3, 0.4) is 0 Å². The Bertz CT molecular complexity index is 937. The summed E-state index contributed by atoms with van der Waals surface area (Å²) in [5.41, 5.74) is 2.52. The van der Waals surface area contributed by atoms with E-state index in [0.717, 1.165) is 48.3 Å². The van der Waals surface area contributed by atoms with Gasteiger partial charge in [-0.05, 0) is 25.5 Å². The van der Waals surface area contributed by atoms with Crippen molar-refractivity contribution in [3.8, 4) is 0 Å². The van der Waals surface area contributed by atoms with Crippen molar-refractivity contribution >= 4 is 39.4 Å². The van der Waals surface area contributed by atoms with Crippen LogP contribution in [0.25, 0.3) is 10.2 Å². The zero-order valence-electron chi connectivity index (χ0n) is 17.2. The molecule has 0 saturated carbocycles. The van der Waals surface area contributed by atoms with Crippen LogP contribution in [-0.2, 0) is 16.1 Å². The maximum Gasteiger partial charge on any atom is 0.344 e. The number of carbonyl (C=O) groups is 3. The van der Waals surface area contributed by atoms with Gasteiger partial charge in [0.15, 0.2) is 0 Å². The van der Waals surface area contributed by atoms with Gasteiger partial charge in [-0.2, -0.15) is 5.01 Å². The average molecular weight is 431 g/mol.